The minimum absolute atomic E-state index is 0.0456. The summed E-state index contributed by atoms with van der Waals surface area (Å²) in [4.78, 5) is 42.3. The second-order valence-electron chi connectivity index (χ2n) is 9.35. The van der Waals surface area contributed by atoms with E-state index in [1.807, 2.05) is 34.1 Å². The van der Waals surface area contributed by atoms with Gasteiger partial charge in [0.2, 0.25) is 17.7 Å². The number of carbonyl (C=O) groups excluding carboxylic acids is 3. The Morgan fingerprint density at radius 1 is 1.09 bits per heavy atom. The Balaban J connectivity index is 1.43. The lowest BCUT2D eigenvalue weighted by Gasteiger charge is -2.34. The molecule has 0 spiro atoms. The van der Waals surface area contributed by atoms with Crippen molar-refractivity contribution in [3.05, 3.63) is 29.8 Å². The van der Waals surface area contributed by atoms with Crippen LogP contribution in [0.25, 0.3) is 0 Å². The molecule has 0 radical (unpaired) electrons. The first-order chi connectivity index (χ1) is 15.5. The van der Waals surface area contributed by atoms with Crippen molar-refractivity contribution in [2.75, 3.05) is 26.7 Å². The Morgan fingerprint density at radius 3 is 2.38 bits per heavy atom. The average Bonchev–Trinajstić information content (AvgIpc) is 3.61. The molecule has 1 aromatic rings. The van der Waals surface area contributed by atoms with Crippen LogP contribution in [0.15, 0.2) is 24.3 Å². The topological polar surface area (TPSA) is 79.0 Å². The highest BCUT2D eigenvalue weighted by Gasteiger charge is 2.44. The zero-order chi connectivity index (χ0) is 22.7. The summed E-state index contributed by atoms with van der Waals surface area (Å²) in [6.07, 6.45) is 5.74. The van der Waals surface area contributed by atoms with Gasteiger partial charge in [0.15, 0.2) is 0 Å². The molecule has 3 aliphatic rings. The first-order valence-electron chi connectivity index (χ1n) is 12.0. The molecule has 4 rings (SSSR count). The van der Waals surface area contributed by atoms with Crippen LogP contribution < -0.4 is 10.1 Å². The van der Waals surface area contributed by atoms with Gasteiger partial charge in [-0.2, -0.15) is 0 Å². The number of nitrogens with zero attached hydrogens (tertiary/aromatic N) is 2. The van der Waals surface area contributed by atoms with Crippen molar-refractivity contribution in [1.29, 1.82) is 0 Å². The van der Waals surface area contributed by atoms with Crippen LogP contribution in [0.4, 0.5) is 0 Å². The molecule has 174 valence electrons. The number of nitrogens with one attached hydrogen (secondary N) is 1. The summed E-state index contributed by atoms with van der Waals surface area (Å²) in [7, 11) is 1.63. The van der Waals surface area contributed by atoms with E-state index >= 15 is 0 Å². The van der Waals surface area contributed by atoms with Gasteiger partial charge in [0, 0.05) is 38.0 Å². The molecule has 1 aliphatic carbocycles. The number of benzene rings is 1. The number of ether oxygens (including phenoxy) is 1. The molecule has 2 atom stereocenters. The number of hydrogen-bond donors (Lipinski definition) is 1. The molecule has 0 aromatic heterocycles. The van der Waals surface area contributed by atoms with Crippen LogP contribution in [-0.2, 0) is 14.4 Å². The summed E-state index contributed by atoms with van der Waals surface area (Å²) in [6.45, 7) is 4.17. The lowest BCUT2D eigenvalue weighted by atomic mass is 9.91. The zero-order valence-corrected chi connectivity index (χ0v) is 19.2. The van der Waals surface area contributed by atoms with Gasteiger partial charge in [-0.05, 0) is 49.8 Å². The SMILES string of the molecule is CCCCN1C(=O)CC(C(=O)NC2CCN(C(=O)C3CC3)CC2)C1c1ccc(OC)cc1. The van der Waals surface area contributed by atoms with Crippen molar-refractivity contribution >= 4 is 17.7 Å². The Hall–Kier alpha value is -2.57. The van der Waals surface area contributed by atoms with Gasteiger partial charge in [-0.3, -0.25) is 14.4 Å². The number of amides is 3. The molecule has 3 amide bonds. The lowest BCUT2D eigenvalue weighted by molar-refractivity contribution is -0.134. The molecule has 2 saturated heterocycles. The maximum atomic E-state index is 13.3. The number of piperidine rings is 1. The number of hydrogen-bond acceptors (Lipinski definition) is 4. The first kappa shape index (κ1) is 22.6. The van der Waals surface area contributed by atoms with E-state index in [0.717, 1.165) is 49.8 Å². The van der Waals surface area contributed by atoms with E-state index in [-0.39, 0.29) is 42.1 Å². The minimum atomic E-state index is -0.404. The zero-order valence-electron chi connectivity index (χ0n) is 19.2. The average molecular weight is 442 g/mol. The molecular weight excluding hydrogens is 406 g/mol. The Morgan fingerprint density at radius 2 is 1.78 bits per heavy atom. The third-order valence-corrected chi connectivity index (χ3v) is 7.06. The number of unbranched alkanes of at least 4 members (excludes halogenated alkanes) is 1. The van der Waals surface area contributed by atoms with Crippen molar-refractivity contribution < 1.29 is 19.1 Å². The number of carbonyl (C=O) groups is 3. The van der Waals surface area contributed by atoms with E-state index in [1.165, 1.54) is 0 Å². The predicted molar refractivity (Wildman–Crippen MR) is 121 cm³/mol. The Bertz CT molecular complexity index is 828. The van der Waals surface area contributed by atoms with E-state index in [9.17, 15) is 14.4 Å². The van der Waals surface area contributed by atoms with Crippen LogP contribution in [0, 0.1) is 11.8 Å². The Kier molecular flexibility index (Phi) is 7.01. The van der Waals surface area contributed by atoms with Gasteiger partial charge in [0.25, 0.3) is 0 Å². The summed E-state index contributed by atoms with van der Waals surface area (Å²) in [5, 5.41) is 3.20. The summed E-state index contributed by atoms with van der Waals surface area (Å²) in [5.41, 5.74) is 0.970. The fourth-order valence-corrected chi connectivity index (χ4v) is 4.97. The fraction of sp³-hybridized carbons (Fsp3) is 0.640. The molecule has 32 heavy (non-hydrogen) atoms. The molecule has 1 saturated carbocycles. The highest BCUT2D eigenvalue weighted by molar-refractivity contribution is 5.90. The molecule has 7 nitrogen and oxygen atoms in total. The second kappa shape index (κ2) is 9.92. The van der Waals surface area contributed by atoms with Crippen LogP contribution in [0.1, 0.15) is 63.5 Å². The van der Waals surface area contributed by atoms with Crippen molar-refractivity contribution in [2.24, 2.45) is 11.8 Å². The summed E-state index contributed by atoms with van der Waals surface area (Å²) in [5.74, 6) is 0.868. The monoisotopic (exact) mass is 441 g/mol. The third kappa shape index (κ3) is 4.92. The van der Waals surface area contributed by atoms with Gasteiger partial charge in [0.05, 0.1) is 19.1 Å². The van der Waals surface area contributed by atoms with E-state index in [1.54, 1.807) is 7.11 Å². The lowest BCUT2D eigenvalue weighted by Crippen LogP contribution is -2.48. The number of likely N-dealkylation sites (tertiary alicyclic amines) is 2. The van der Waals surface area contributed by atoms with Crippen LogP contribution in [0.5, 0.6) is 5.75 Å². The second-order valence-corrected chi connectivity index (χ2v) is 9.35. The van der Waals surface area contributed by atoms with Crippen molar-refractivity contribution in [1.82, 2.24) is 15.1 Å². The van der Waals surface area contributed by atoms with E-state index < -0.39 is 5.92 Å². The maximum Gasteiger partial charge on any atom is 0.226 e. The number of methoxy groups -OCH3 is 1. The smallest absolute Gasteiger partial charge is 0.226 e. The minimum Gasteiger partial charge on any atom is -0.497 e. The highest BCUT2D eigenvalue weighted by Crippen LogP contribution is 2.39. The normalized spacial score (nSPS) is 24.0. The van der Waals surface area contributed by atoms with Crippen LogP contribution in [-0.4, -0.2) is 60.3 Å². The largest absolute Gasteiger partial charge is 0.497 e. The third-order valence-electron chi connectivity index (χ3n) is 7.06. The molecular formula is C25H35N3O4. The van der Waals surface area contributed by atoms with E-state index in [4.69, 9.17) is 4.74 Å². The fourth-order valence-electron chi connectivity index (χ4n) is 4.97. The van der Waals surface area contributed by atoms with Crippen LogP contribution >= 0.6 is 0 Å². The van der Waals surface area contributed by atoms with Gasteiger partial charge in [-0.15, -0.1) is 0 Å². The molecule has 2 unspecified atom stereocenters. The van der Waals surface area contributed by atoms with Crippen molar-refractivity contribution in [3.63, 3.8) is 0 Å². The standard InChI is InChI=1S/C25H35N3O4/c1-3-4-13-28-22(29)16-21(23(28)17-7-9-20(32-2)10-8-17)24(30)26-19-11-14-27(15-12-19)25(31)18-5-6-18/h7-10,18-19,21,23H,3-6,11-16H2,1-2H3,(H,26,30). The molecule has 1 N–H and O–H groups in total. The molecule has 1 aromatic carbocycles. The van der Waals surface area contributed by atoms with Gasteiger partial charge < -0.3 is 19.9 Å². The quantitative estimate of drug-likeness (QED) is 0.673. The van der Waals surface area contributed by atoms with Gasteiger partial charge in [0.1, 0.15) is 5.75 Å². The highest BCUT2D eigenvalue weighted by atomic mass is 16.5. The first-order valence-corrected chi connectivity index (χ1v) is 12.0. The molecule has 7 heteroatoms. The van der Waals surface area contributed by atoms with Crippen molar-refractivity contribution in [3.8, 4) is 5.75 Å². The summed E-state index contributed by atoms with van der Waals surface area (Å²) >= 11 is 0. The van der Waals surface area contributed by atoms with E-state index in [2.05, 4.69) is 12.2 Å². The molecule has 0 bridgehead atoms. The van der Waals surface area contributed by atoms with E-state index in [0.29, 0.717) is 19.6 Å². The van der Waals surface area contributed by atoms with Gasteiger partial charge >= 0.3 is 0 Å². The maximum absolute atomic E-state index is 13.3. The molecule has 2 heterocycles. The number of rotatable bonds is 8. The summed E-state index contributed by atoms with van der Waals surface area (Å²) < 4.78 is 5.28. The van der Waals surface area contributed by atoms with Crippen LogP contribution in [0.3, 0.4) is 0 Å². The summed E-state index contributed by atoms with van der Waals surface area (Å²) in [6, 6.07) is 7.50. The van der Waals surface area contributed by atoms with Gasteiger partial charge in [-0.25, -0.2) is 0 Å². The van der Waals surface area contributed by atoms with Crippen LogP contribution in [0.2, 0.25) is 0 Å². The molecule has 3 fully saturated rings. The van der Waals surface area contributed by atoms with Gasteiger partial charge in [-0.1, -0.05) is 25.5 Å². The predicted octanol–water partition coefficient (Wildman–Crippen LogP) is 2.90. The Labute approximate surface area is 190 Å². The molecule has 2 aliphatic heterocycles. The van der Waals surface area contributed by atoms with Crippen molar-refractivity contribution in [2.45, 2.75) is 64.0 Å².